The molecule has 0 heterocycles. The smallest absolute Gasteiger partial charge is 0.0130 e. The van der Waals surface area contributed by atoms with Crippen LogP contribution in [0.5, 0.6) is 0 Å². The first-order chi connectivity index (χ1) is 10.2. The summed E-state index contributed by atoms with van der Waals surface area (Å²) in [5, 5.41) is 3.52. The van der Waals surface area contributed by atoms with E-state index >= 15 is 0 Å². The van der Waals surface area contributed by atoms with Crippen molar-refractivity contribution >= 4 is 22.6 Å². The molecule has 0 aliphatic heterocycles. The molecule has 112 valence electrons. The summed E-state index contributed by atoms with van der Waals surface area (Å²) in [6.45, 7) is 6.51. The summed E-state index contributed by atoms with van der Waals surface area (Å²) < 4.78 is 1.30. The Morgan fingerprint density at radius 1 is 1.00 bits per heavy atom. The lowest BCUT2D eigenvalue weighted by molar-refractivity contribution is 0.477. The number of benzene rings is 2. The van der Waals surface area contributed by atoms with Gasteiger partial charge < -0.3 is 5.32 Å². The van der Waals surface area contributed by atoms with Gasteiger partial charge in [-0.25, -0.2) is 0 Å². The van der Waals surface area contributed by atoms with Crippen LogP contribution in [0.2, 0.25) is 0 Å². The number of aryl methyl sites for hydroxylation is 1. The largest absolute Gasteiger partial charge is 0.317 e. The van der Waals surface area contributed by atoms with Gasteiger partial charge in [0.05, 0.1) is 0 Å². The number of rotatable bonds is 7. The molecule has 2 aromatic rings. The fraction of sp³-hybridized carbons (Fsp3) is 0.368. The molecule has 0 radical (unpaired) electrons. The topological polar surface area (TPSA) is 12.0 Å². The van der Waals surface area contributed by atoms with E-state index in [0.29, 0.717) is 5.92 Å². The van der Waals surface area contributed by atoms with Gasteiger partial charge in [0, 0.05) is 3.57 Å². The third-order valence-corrected chi connectivity index (χ3v) is 4.61. The van der Waals surface area contributed by atoms with Crippen LogP contribution in [0.3, 0.4) is 0 Å². The van der Waals surface area contributed by atoms with E-state index in [2.05, 4.69) is 90.3 Å². The molecule has 2 rings (SSSR count). The zero-order chi connectivity index (χ0) is 15.1. The first-order valence-corrected chi connectivity index (χ1v) is 8.76. The molecule has 1 atom stereocenters. The molecule has 0 saturated carbocycles. The minimum absolute atomic E-state index is 0.645. The maximum absolute atomic E-state index is 3.52. The van der Waals surface area contributed by atoms with Gasteiger partial charge in [-0.2, -0.15) is 0 Å². The van der Waals surface area contributed by atoms with Gasteiger partial charge in [-0.05, 0) is 90.2 Å². The van der Waals surface area contributed by atoms with E-state index < -0.39 is 0 Å². The third kappa shape index (κ3) is 5.44. The average Bonchev–Trinajstić information content (AvgIpc) is 2.49. The number of hydrogen-bond donors (Lipinski definition) is 1. The molecule has 1 nitrogen and oxygen atoms in total. The minimum atomic E-state index is 0.645. The first-order valence-electron chi connectivity index (χ1n) is 7.68. The average molecular weight is 393 g/mol. The molecule has 21 heavy (non-hydrogen) atoms. The summed E-state index contributed by atoms with van der Waals surface area (Å²) in [7, 11) is 0. The second kappa shape index (κ2) is 8.54. The lowest BCUT2D eigenvalue weighted by atomic mass is 9.90. The molecular weight excluding hydrogens is 369 g/mol. The van der Waals surface area contributed by atoms with Crippen molar-refractivity contribution < 1.29 is 0 Å². The van der Waals surface area contributed by atoms with E-state index in [1.165, 1.54) is 20.3 Å². The molecule has 1 N–H and O–H groups in total. The van der Waals surface area contributed by atoms with E-state index in [1.54, 1.807) is 0 Å². The molecule has 0 spiro atoms. The van der Waals surface area contributed by atoms with Crippen LogP contribution in [-0.4, -0.2) is 13.1 Å². The van der Waals surface area contributed by atoms with Crippen LogP contribution in [0.4, 0.5) is 0 Å². The summed E-state index contributed by atoms with van der Waals surface area (Å²) in [6, 6.07) is 17.7. The second-order valence-corrected chi connectivity index (χ2v) is 6.88. The fourth-order valence-electron chi connectivity index (χ4n) is 2.67. The Hall–Kier alpha value is -0.870. The van der Waals surface area contributed by atoms with Gasteiger partial charge >= 0.3 is 0 Å². The molecule has 0 amide bonds. The van der Waals surface area contributed by atoms with Crippen molar-refractivity contribution in [3.05, 3.63) is 68.8 Å². The van der Waals surface area contributed by atoms with Gasteiger partial charge in [0.1, 0.15) is 0 Å². The normalized spacial score (nSPS) is 12.3. The zero-order valence-electron chi connectivity index (χ0n) is 12.9. The van der Waals surface area contributed by atoms with Crippen molar-refractivity contribution in [3.63, 3.8) is 0 Å². The van der Waals surface area contributed by atoms with Crippen LogP contribution in [0, 0.1) is 16.4 Å². The van der Waals surface area contributed by atoms with Crippen LogP contribution in [0.15, 0.2) is 48.5 Å². The predicted molar refractivity (Wildman–Crippen MR) is 99.8 cm³/mol. The Balaban J connectivity index is 2.07. The molecule has 1 unspecified atom stereocenters. The predicted octanol–water partition coefficient (Wildman–Crippen LogP) is 4.61. The summed E-state index contributed by atoms with van der Waals surface area (Å²) >= 11 is 2.36. The molecule has 0 aliphatic carbocycles. The highest BCUT2D eigenvalue weighted by molar-refractivity contribution is 14.1. The highest BCUT2D eigenvalue weighted by atomic mass is 127. The fourth-order valence-corrected chi connectivity index (χ4v) is 3.03. The molecular formula is C19H24IN. The summed E-state index contributed by atoms with van der Waals surface area (Å²) in [5.74, 6) is 0.645. The molecule has 0 fully saturated rings. The third-order valence-electron chi connectivity index (χ3n) is 3.89. The van der Waals surface area contributed by atoms with Gasteiger partial charge in [-0.1, -0.05) is 43.3 Å². The van der Waals surface area contributed by atoms with Gasteiger partial charge in [-0.3, -0.25) is 0 Å². The quantitative estimate of drug-likeness (QED) is 0.678. The summed E-state index contributed by atoms with van der Waals surface area (Å²) in [6.07, 6.45) is 2.28. The SMILES string of the molecule is CCNCC(Cc1ccc(I)cc1)Cc1ccccc1C. The molecule has 2 heteroatoms. The Labute approximate surface area is 142 Å². The van der Waals surface area contributed by atoms with Crippen LogP contribution in [0.25, 0.3) is 0 Å². The van der Waals surface area contributed by atoms with Crippen molar-refractivity contribution in [1.82, 2.24) is 5.32 Å². The standard InChI is InChI=1S/C19H24IN/c1-3-21-14-17(12-16-8-10-19(20)11-9-16)13-18-7-5-4-6-15(18)2/h4-11,17,21H,3,12-14H2,1-2H3. The first kappa shape index (κ1) is 16.5. The Morgan fingerprint density at radius 2 is 1.71 bits per heavy atom. The van der Waals surface area contributed by atoms with Gasteiger partial charge in [0.25, 0.3) is 0 Å². The Kier molecular flexibility index (Phi) is 6.71. The second-order valence-electron chi connectivity index (χ2n) is 5.63. The molecule has 2 aromatic carbocycles. The van der Waals surface area contributed by atoms with Crippen LogP contribution in [0.1, 0.15) is 23.6 Å². The lowest BCUT2D eigenvalue weighted by Gasteiger charge is -2.19. The number of halogens is 1. The molecule has 0 saturated heterocycles. The number of hydrogen-bond acceptors (Lipinski definition) is 1. The molecule has 0 aliphatic rings. The Bertz CT molecular complexity index is 548. The van der Waals surface area contributed by atoms with Crippen LogP contribution >= 0.6 is 22.6 Å². The molecule has 0 bridgehead atoms. The Morgan fingerprint density at radius 3 is 2.38 bits per heavy atom. The van der Waals surface area contributed by atoms with Gasteiger partial charge in [-0.15, -0.1) is 0 Å². The van der Waals surface area contributed by atoms with E-state index in [4.69, 9.17) is 0 Å². The van der Waals surface area contributed by atoms with Crippen molar-refractivity contribution in [2.75, 3.05) is 13.1 Å². The monoisotopic (exact) mass is 393 g/mol. The van der Waals surface area contributed by atoms with Gasteiger partial charge in [0.2, 0.25) is 0 Å². The van der Waals surface area contributed by atoms with Gasteiger partial charge in [0.15, 0.2) is 0 Å². The molecule has 0 aromatic heterocycles. The van der Waals surface area contributed by atoms with E-state index in [9.17, 15) is 0 Å². The van der Waals surface area contributed by atoms with Crippen molar-refractivity contribution in [1.29, 1.82) is 0 Å². The van der Waals surface area contributed by atoms with Crippen molar-refractivity contribution in [3.8, 4) is 0 Å². The number of nitrogens with one attached hydrogen (secondary N) is 1. The van der Waals surface area contributed by atoms with E-state index in [1.807, 2.05) is 0 Å². The van der Waals surface area contributed by atoms with Crippen LogP contribution in [-0.2, 0) is 12.8 Å². The maximum Gasteiger partial charge on any atom is 0.0130 e. The summed E-state index contributed by atoms with van der Waals surface area (Å²) in [5.41, 5.74) is 4.32. The highest BCUT2D eigenvalue weighted by Gasteiger charge is 2.11. The van der Waals surface area contributed by atoms with E-state index in [-0.39, 0.29) is 0 Å². The summed E-state index contributed by atoms with van der Waals surface area (Å²) in [4.78, 5) is 0. The minimum Gasteiger partial charge on any atom is -0.317 e. The highest BCUT2D eigenvalue weighted by Crippen LogP contribution is 2.18. The maximum atomic E-state index is 3.52. The van der Waals surface area contributed by atoms with Crippen molar-refractivity contribution in [2.24, 2.45) is 5.92 Å². The zero-order valence-corrected chi connectivity index (χ0v) is 15.1. The van der Waals surface area contributed by atoms with Crippen molar-refractivity contribution in [2.45, 2.75) is 26.7 Å². The van der Waals surface area contributed by atoms with E-state index in [0.717, 1.165) is 25.9 Å². The lowest BCUT2D eigenvalue weighted by Crippen LogP contribution is -2.26. The van der Waals surface area contributed by atoms with Crippen LogP contribution < -0.4 is 5.32 Å².